The highest BCUT2D eigenvalue weighted by Crippen LogP contribution is 2.30. The molecule has 0 aromatic rings. The first-order chi connectivity index (χ1) is 6.65. The molecule has 1 aliphatic carbocycles. The van der Waals surface area contributed by atoms with E-state index in [1.165, 1.54) is 0 Å². The Kier molecular flexibility index (Phi) is 4.11. The van der Waals surface area contributed by atoms with Crippen LogP contribution in [0.1, 0.15) is 45.4 Å². The quantitative estimate of drug-likeness (QED) is 0.705. The van der Waals surface area contributed by atoms with Crippen molar-refractivity contribution in [3.05, 3.63) is 0 Å². The molecule has 0 aromatic heterocycles. The summed E-state index contributed by atoms with van der Waals surface area (Å²) in [6.07, 6.45) is 5.28. The molecule has 1 aliphatic rings. The van der Waals surface area contributed by atoms with E-state index in [2.05, 4.69) is 6.92 Å². The van der Waals surface area contributed by atoms with E-state index in [0.717, 1.165) is 25.7 Å². The molecule has 3 heteroatoms. The van der Waals surface area contributed by atoms with Crippen LogP contribution < -0.4 is 0 Å². The summed E-state index contributed by atoms with van der Waals surface area (Å²) in [7, 11) is 0. The Bertz CT molecular complexity index is 223. The van der Waals surface area contributed by atoms with E-state index in [0.29, 0.717) is 18.8 Å². The molecule has 14 heavy (non-hydrogen) atoms. The van der Waals surface area contributed by atoms with Crippen LogP contribution in [0.25, 0.3) is 0 Å². The van der Waals surface area contributed by atoms with Crippen LogP contribution in [0.5, 0.6) is 0 Å². The molecule has 0 amide bonds. The van der Waals surface area contributed by atoms with Gasteiger partial charge in [0.2, 0.25) is 0 Å². The molecule has 1 N–H and O–H groups in total. The summed E-state index contributed by atoms with van der Waals surface area (Å²) in [5.74, 6) is -1.28. The van der Waals surface area contributed by atoms with E-state index >= 15 is 0 Å². The average molecular weight is 198 g/mol. The molecule has 80 valence electrons. The van der Waals surface area contributed by atoms with Crippen molar-refractivity contribution < 1.29 is 14.7 Å². The van der Waals surface area contributed by atoms with E-state index < -0.39 is 11.9 Å². The third-order valence-corrected chi connectivity index (χ3v) is 3.02. The van der Waals surface area contributed by atoms with E-state index in [4.69, 9.17) is 5.11 Å². The molecule has 0 aliphatic heterocycles. The van der Waals surface area contributed by atoms with Gasteiger partial charge in [0.25, 0.3) is 0 Å². The highest BCUT2D eigenvalue weighted by atomic mass is 16.4. The Balaban J connectivity index is 2.45. The predicted molar refractivity (Wildman–Crippen MR) is 53.0 cm³/mol. The van der Waals surface area contributed by atoms with Gasteiger partial charge < -0.3 is 5.11 Å². The number of carboxylic acids is 1. The minimum absolute atomic E-state index is 0.0785. The summed E-state index contributed by atoms with van der Waals surface area (Å²) in [5, 5.41) is 8.83. The van der Waals surface area contributed by atoms with Crippen LogP contribution in [0.2, 0.25) is 0 Å². The molecule has 1 saturated carbocycles. The molecule has 1 rings (SSSR count). The van der Waals surface area contributed by atoms with Crippen LogP contribution in [0.15, 0.2) is 0 Å². The van der Waals surface area contributed by atoms with Crippen molar-refractivity contribution in [2.45, 2.75) is 45.4 Å². The Morgan fingerprint density at radius 3 is 2.86 bits per heavy atom. The van der Waals surface area contributed by atoms with E-state index in [9.17, 15) is 9.59 Å². The normalized spacial score (nSPS) is 27.6. The van der Waals surface area contributed by atoms with Crippen LogP contribution in [0.4, 0.5) is 0 Å². The van der Waals surface area contributed by atoms with Gasteiger partial charge >= 0.3 is 5.97 Å². The van der Waals surface area contributed by atoms with Gasteiger partial charge in [-0.3, -0.25) is 9.59 Å². The van der Waals surface area contributed by atoms with Crippen molar-refractivity contribution in [3.63, 3.8) is 0 Å². The molecular weight excluding hydrogens is 180 g/mol. The summed E-state index contributed by atoms with van der Waals surface area (Å²) in [4.78, 5) is 22.0. The number of unbranched alkanes of at least 4 members (excludes halogenated alkanes) is 1. The highest BCUT2D eigenvalue weighted by Gasteiger charge is 2.33. The third kappa shape index (κ3) is 2.82. The molecule has 2 atom stereocenters. The zero-order valence-corrected chi connectivity index (χ0v) is 8.66. The second-order valence-electron chi connectivity index (χ2n) is 4.14. The molecule has 0 aromatic carbocycles. The van der Waals surface area contributed by atoms with Gasteiger partial charge in [0, 0.05) is 6.42 Å². The Hall–Kier alpha value is -0.860. The maximum atomic E-state index is 11.3. The number of aliphatic carboxylic acids is 1. The first-order valence-electron chi connectivity index (χ1n) is 5.40. The van der Waals surface area contributed by atoms with Gasteiger partial charge in [0.15, 0.2) is 0 Å². The molecule has 0 heterocycles. The number of carbonyl (C=O) groups excluding carboxylic acids is 1. The average Bonchev–Trinajstić information content (AvgIpc) is 2.16. The minimum Gasteiger partial charge on any atom is -0.481 e. The summed E-state index contributed by atoms with van der Waals surface area (Å²) >= 11 is 0. The van der Waals surface area contributed by atoms with E-state index in [1.807, 2.05) is 0 Å². The Labute approximate surface area is 84.5 Å². The summed E-state index contributed by atoms with van der Waals surface area (Å²) in [6, 6.07) is 0. The molecule has 1 fully saturated rings. The number of rotatable bonds is 4. The fourth-order valence-corrected chi connectivity index (χ4v) is 2.10. The first-order valence-corrected chi connectivity index (χ1v) is 5.40. The highest BCUT2D eigenvalue weighted by molar-refractivity contribution is 5.98. The van der Waals surface area contributed by atoms with Crippen LogP contribution >= 0.6 is 0 Å². The van der Waals surface area contributed by atoms with Crippen LogP contribution in [-0.4, -0.2) is 16.9 Å². The third-order valence-electron chi connectivity index (χ3n) is 3.02. The molecule has 0 spiro atoms. The van der Waals surface area contributed by atoms with Gasteiger partial charge in [0.1, 0.15) is 11.7 Å². The van der Waals surface area contributed by atoms with Crippen molar-refractivity contribution in [2.75, 3.05) is 0 Å². The molecule has 2 unspecified atom stereocenters. The van der Waals surface area contributed by atoms with Crippen LogP contribution in [-0.2, 0) is 9.59 Å². The Morgan fingerprint density at radius 1 is 1.57 bits per heavy atom. The van der Waals surface area contributed by atoms with Crippen molar-refractivity contribution in [1.82, 2.24) is 0 Å². The van der Waals surface area contributed by atoms with Gasteiger partial charge in [-0.2, -0.15) is 0 Å². The van der Waals surface area contributed by atoms with Crippen molar-refractivity contribution >= 4 is 11.8 Å². The molecule has 0 radical (unpaired) electrons. The Morgan fingerprint density at radius 2 is 2.29 bits per heavy atom. The maximum Gasteiger partial charge on any atom is 0.314 e. The van der Waals surface area contributed by atoms with Crippen molar-refractivity contribution in [2.24, 2.45) is 11.8 Å². The zero-order valence-electron chi connectivity index (χ0n) is 8.66. The first kappa shape index (κ1) is 11.2. The zero-order chi connectivity index (χ0) is 10.6. The maximum absolute atomic E-state index is 11.3. The summed E-state index contributed by atoms with van der Waals surface area (Å²) < 4.78 is 0. The monoisotopic (exact) mass is 198 g/mol. The SMILES string of the molecule is CCCCC1CCC(=O)C(C(=O)O)C1. The molecular formula is C11H18O3. The van der Waals surface area contributed by atoms with Crippen molar-refractivity contribution in [3.8, 4) is 0 Å². The summed E-state index contributed by atoms with van der Waals surface area (Å²) in [6.45, 7) is 2.13. The molecule has 0 bridgehead atoms. The topological polar surface area (TPSA) is 54.4 Å². The lowest BCUT2D eigenvalue weighted by atomic mass is 9.78. The number of ketones is 1. The molecule has 0 saturated heterocycles. The number of hydrogen-bond donors (Lipinski definition) is 1. The fraction of sp³-hybridized carbons (Fsp3) is 0.818. The lowest BCUT2D eigenvalue weighted by Gasteiger charge is -2.25. The minimum atomic E-state index is -0.934. The van der Waals surface area contributed by atoms with Crippen LogP contribution in [0.3, 0.4) is 0 Å². The smallest absolute Gasteiger partial charge is 0.314 e. The largest absolute Gasteiger partial charge is 0.481 e. The molecule has 3 nitrogen and oxygen atoms in total. The second-order valence-corrected chi connectivity index (χ2v) is 4.14. The second kappa shape index (κ2) is 5.13. The van der Waals surface area contributed by atoms with Gasteiger partial charge in [-0.15, -0.1) is 0 Å². The van der Waals surface area contributed by atoms with Gasteiger partial charge in [-0.05, 0) is 18.8 Å². The number of carbonyl (C=O) groups is 2. The van der Waals surface area contributed by atoms with E-state index in [1.54, 1.807) is 0 Å². The lowest BCUT2D eigenvalue weighted by molar-refractivity contribution is -0.148. The number of carboxylic acid groups (broad SMARTS) is 1. The number of Topliss-reactive ketones (excluding diaryl/α,β-unsaturated/α-hetero) is 1. The van der Waals surface area contributed by atoms with Crippen LogP contribution in [0, 0.1) is 11.8 Å². The van der Waals surface area contributed by atoms with E-state index in [-0.39, 0.29) is 5.78 Å². The summed E-state index contributed by atoms with van der Waals surface area (Å²) in [5.41, 5.74) is 0. The lowest BCUT2D eigenvalue weighted by Crippen LogP contribution is -2.31. The van der Waals surface area contributed by atoms with Crippen molar-refractivity contribution in [1.29, 1.82) is 0 Å². The van der Waals surface area contributed by atoms with Gasteiger partial charge in [-0.1, -0.05) is 26.2 Å². The predicted octanol–water partition coefficient (Wildman–Crippen LogP) is 2.25. The number of hydrogen-bond acceptors (Lipinski definition) is 2. The van der Waals surface area contributed by atoms with Gasteiger partial charge in [-0.25, -0.2) is 0 Å². The van der Waals surface area contributed by atoms with Gasteiger partial charge in [0.05, 0.1) is 0 Å². The standard InChI is InChI=1S/C11H18O3/c1-2-3-4-8-5-6-10(12)9(7-8)11(13)14/h8-9H,2-7H2,1H3,(H,13,14). The fourth-order valence-electron chi connectivity index (χ4n) is 2.10.